The van der Waals surface area contributed by atoms with Crippen molar-refractivity contribution in [3.8, 4) is 5.75 Å². The van der Waals surface area contributed by atoms with E-state index in [9.17, 15) is 0 Å². The lowest BCUT2D eigenvalue weighted by Gasteiger charge is -2.19. The third-order valence-electron chi connectivity index (χ3n) is 3.04. The third kappa shape index (κ3) is 5.73. The van der Waals surface area contributed by atoms with Gasteiger partial charge >= 0.3 is 0 Å². The van der Waals surface area contributed by atoms with Crippen molar-refractivity contribution >= 4 is 17.3 Å². The summed E-state index contributed by atoms with van der Waals surface area (Å²) in [5, 5.41) is 4.25. The fraction of sp³-hybridized carbons (Fsp3) is 0.625. The first-order valence-corrected chi connectivity index (χ1v) is 7.77. The molecule has 0 amide bonds. The summed E-state index contributed by atoms with van der Waals surface area (Å²) < 4.78 is 5.58. The zero-order chi connectivity index (χ0) is 14.1. The Morgan fingerprint density at radius 3 is 2.32 bits per heavy atom. The molecule has 0 aliphatic rings. The van der Waals surface area contributed by atoms with Crippen LogP contribution >= 0.6 is 11.6 Å². The van der Waals surface area contributed by atoms with E-state index in [2.05, 4.69) is 32.2 Å². The maximum Gasteiger partial charge on any atom is 0.138 e. The Labute approximate surface area is 122 Å². The number of halogens is 1. The predicted octanol–water partition coefficient (Wildman–Crippen LogP) is 5.51. The van der Waals surface area contributed by atoms with Crippen molar-refractivity contribution in [1.82, 2.24) is 0 Å². The summed E-state index contributed by atoms with van der Waals surface area (Å²) in [6.45, 7) is 7.24. The van der Waals surface area contributed by atoms with Crippen LogP contribution in [-0.2, 0) is 0 Å². The Morgan fingerprint density at radius 2 is 1.79 bits per heavy atom. The van der Waals surface area contributed by atoms with Crippen molar-refractivity contribution in [2.24, 2.45) is 0 Å². The quantitative estimate of drug-likeness (QED) is 0.645. The van der Waals surface area contributed by atoms with Crippen LogP contribution in [0.25, 0.3) is 0 Å². The number of hydrogen-bond donors (Lipinski definition) is 1. The summed E-state index contributed by atoms with van der Waals surface area (Å²) in [4.78, 5) is 0. The summed E-state index contributed by atoms with van der Waals surface area (Å²) in [7, 11) is 0. The Hall–Kier alpha value is -0.890. The highest BCUT2D eigenvalue weighted by Crippen LogP contribution is 2.28. The molecule has 1 N–H and O–H groups in total. The number of hydrogen-bond acceptors (Lipinski definition) is 2. The fourth-order valence-electron chi connectivity index (χ4n) is 2.14. The van der Waals surface area contributed by atoms with E-state index < -0.39 is 0 Å². The van der Waals surface area contributed by atoms with Crippen molar-refractivity contribution in [2.45, 2.75) is 58.9 Å². The van der Waals surface area contributed by atoms with E-state index in [0.717, 1.165) is 17.9 Å². The second-order valence-electron chi connectivity index (χ2n) is 4.91. The Balaban J connectivity index is 2.65. The van der Waals surface area contributed by atoms with Crippen LogP contribution in [0.1, 0.15) is 52.9 Å². The zero-order valence-corrected chi connectivity index (χ0v) is 13.1. The summed E-state index contributed by atoms with van der Waals surface area (Å²) in [5.41, 5.74) is 1.08. The van der Waals surface area contributed by atoms with Gasteiger partial charge in [0, 0.05) is 11.7 Å². The first kappa shape index (κ1) is 16.2. The van der Waals surface area contributed by atoms with E-state index >= 15 is 0 Å². The van der Waals surface area contributed by atoms with E-state index in [1.165, 1.54) is 25.7 Å². The molecule has 19 heavy (non-hydrogen) atoms. The molecular weight excluding hydrogens is 258 g/mol. The smallest absolute Gasteiger partial charge is 0.138 e. The van der Waals surface area contributed by atoms with E-state index in [1.807, 2.05) is 12.1 Å². The normalized spacial score (nSPS) is 10.8. The monoisotopic (exact) mass is 283 g/mol. The molecule has 0 atom stereocenters. The van der Waals surface area contributed by atoms with E-state index in [1.54, 1.807) is 0 Å². The highest BCUT2D eigenvalue weighted by atomic mass is 35.5. The van der Waals surface area contributed by atoms with Gasteiger partial charge in [-0.1, -0.05) is 45.2 Å². The van der Waals surface area contributed by atoms with Crippen LogP contribution in [0.15, 0.2) is 18.2 Å². The lowest BCUT2D eigenvalue weighted by molar-refractivity contribution is 0.317. The molecule has 1 aromatic carbocycles. The van der Waals surface area contributed by atoms with Crippen LogP contribution in [0.2, 0.25) is 5.02 Å². The topological polar surface area (TPSA) is 21.3 Å². The molecule has 2 nitrogen and oxygen atoms in total. The fourth-order valence-corrected chi connectivity index (χ4v) is 2.38. The van der Waals surface area contributed by atoms with Gasteiger partial charge in [0.05, 0.1) is 11.6 Å². The molecule has 0 bridgehead atoms. The first-order chi connectivity index (χ1) is 9.21. The van der Waals surface area contributed by atoms with Crippen LogP contribution in [0.5, 0.6) is 5.75 Å². The molecule has 0 radical (unpaired) electrons. The summed E-state index contributed by atoms with van der Waals surface area (Å²) in [6.07, 6.45) is 5.77. The number of rotatable bonds is 9. The lowest BCUT2D eigenvalue weighted by atomic mass is 10.1. The average molecular weight is 284 g/mol. The van der Waals surface area contributed by atoms with Gasteiger partial charge in [-0.25, -0.2) is 0 Å². The van der Waals surface area contributed by atoms with Crippen LogP contribution in [0.4, 0.5) is 5.69 Å². The molecule has 0 aliphatic heterocycles. The van der Waals surface area contributed by atoms with Crippen molar-refractivity contribution < 1.29 is 4.74 Å². The van der Waals surface area contributed by atoms with Crippen molar-refractivity contribution in [1.29, 1.82) is 0 Å². The van der Waals surface area contributed by atoms with Gasteiger partial charge in [0.2, 0.25) is 0 Å². The largest absolute Gasteiger partial charge is 0.492 e. The molecule has 0 heterocycles. The van der Waals surface area contributed by atoms with Crippen molar-refractivity contribution in [3.05, 3.63) is 23.2 Å². The first-order valence-electron chi connectivity index (χ1n) is 7.40. The molecule has 0 aliphatic carbocycles. The molecule has 0 aromatic heterocycles. The van der Waals surface area contributed by atoms with E-state index in [4.69, 9.17) is 16.3 Å². The molecule has 0 saturated heterocycles. The molecule has 0 saturated carbocycles. The van der Waals surface area contributed by atoms with Crippen molar-refractivity contribution in [2.75, 3.05) is 11.9 Å². The van der Waals surface area contributed by atoms with Gasteiger partial charge in [0.25, 0.3) is 0 Å². The molecule has 1 rings (SSSR count). The van der Waals surface area contributed by atoms with Gasteiger partial charge < -0.3 is 10.1 Å². The number of ether oxygens (including phenoxy) is 1. The van der Waals surface area contributed by atoms with E-state index in [0.29, 0.717) is 17.7 Å². The SMILES string of the molecule is CCCOc1ccc(NC(CCC)CCC)cc1Cl. The molecular formula is C16H26ClNO. The predicted molar refractivity (Wildman–Crippen MR) is 84.5 cm³/mol. The van der Waals surface area contributed by atoms with Gasteiger partial charge in [-0.3, -0.25) is 0 Å². The Morgan fingerprint density at radius 1 is 1.11 bits per heavy atom. The minimum Gasteiger partial charge on any atom is -0.492 e. The van der Waals surface area contributed by atoms with Gasteiger partial charge in [0.1, 0.15) is 5.75 Å². The molecule has 0 unspecified atom stereocenters. The summed E-state index contributed by atoms with van der Waals surface area (Å²) >= 11 is 6.24. The Bertz CT molecular complexity index is 362. The van der Waals surface area contributed by atoms with Crippen LogP contribution in [-0.4, -0.2) is 12.6 Å². The average Bonchev–Trinajstić information content (AvgIpc) is 2.38. The van der Waals surface area contributed by atoms with Crippen LogP contribution in [0.3, 0.4) is 0 Å². The third-order valence-corrected chi connectivity index (χ3v) is 3.33. The Kier molecular flexibility index (Phi) is 7.73. The van der Waals surface area contributed by atoms with Gasteiger partial charge in [0.15, 0.2) is 0 Å². The molecule has 3 heteroatoms. The zero-order valence-electron chi connectivity index (χ0n) is 12.3. The number of anilines is 1. The molecule has 0 spiro atoms. The standard InChI is InChI=1S/C16H26ClNO/c1-4-7-13(8-5-2)18-14-9-10-16(15(17)12-14)19-11-6-3/h9-10,12-13,18H,4-8,11H2,1-3H3. The van der Waals surface area contributed by atoms with Crippen LogP contribution < -0.4 is 10.1 Å². The second-order valence-corrected chi connectivity index (χ2v) is 5.32. The van der Waals surface area contributed by atoms with E-state index in [-0.39, 0.29) is 0 Å². The molecule has 1 aromatic rings. The minimum atomic E-state index is 0.536. The summed E-state index contributed by atoms with van der Waals surface area (Å²) in [5.74, 6) is 0.775. The maximum atomic E-state index is 6.24. The summed E-state index contributed by atoms with van der Waals surface area (Å²) in [6, 6.07) is 6.50. The highest BCUT2D eigenvalue weighted by Gasteiger charge is 2.08. The number of benzene rings is 1. The second kappa shape index (κ2) is 9.08. The van der Waals surface area contributed by atoms with Gasteiger partial charge in [-0.2, -0.15) is 0 Å². The van der Waals surface area contributed by atoms with Crippen LogP contribution in [0, 0.1) is 0 Å². The highest BCUT2D eigenvalue weighted by molar-refractivity contribution is 6.32. The van der Waals surface area contributed by atoms with Gasteiger partial charge in [-0.05, 0) is 37.5 Å². The number of nitrogens with one attached hydrogen (secondary N) is 1. The molecule has 0 fully saturated rings. The minimum absolute atomic E-state index is 0.536. The lowest BCUT2D eigenvalue weighted by Crippen LogP contribution is -2.18. The maximum absolute atomic E-state index is 6.24. The van der Waals surface area contributed by atoms with Crippen molar-refractivity contribution in [3.63, 3.8) is 0 Å². The van der Waals surface area contributed by atoms with Gasteiger partial charge in [-0.15, -0.1) is 0 Å². The molecule has 108 valence electrons.